The lowest BCUT2D eigenvalue weighted by Crippen LogP contribution is -2.33. The molecule has 1 saturated heterocycles. The normalized spacial score (nSPS) is 19.9. The highest BCUT2D eigenvalue weighted by molar-refractivity contribution is 5.78. The molecule has 1 aromatic rings. The van der Waals surface area contributed by atoms with Crippen LogP contribution >= 0.6 is 0 Å². The standard InChI is InChI=1S/C11H12N2O4/c14-7-8-1-2-9(13(15)16)5-10(8)11-6-12-3-4-17-11/h1-2,5,7,11-12H,3-4,6H2. The van der Waals surface area contributed by atoms with Gasteiger partial charge in [0, 0.05) is 30.8 Å². The van der Waals surface area contributed by atoms with Crippen molar-refractivity contribution in [2.24, 2.45) is 0 Å². The summed E-state index contributed by atoms with van der Waals surface area (Å²) in [6.45, 7) is 1.84. The number of carbonyl (C=O) groups excluding carboxylic acids is 1. The number of carbonyl (C=O) groups is 1. The number of morpholine rings is 1. The number of aldehydes is 1. The van der Waals surface area contributed by atoms with Gasteiger partial charge in [-0.3, -0.25) is 14.9 Å². The number of benzene rings is 1. The van der Waals surface area contributed by atoms with Gasteiger partial charge in [0.1, 0.15) is 6.29 Å². The van der Waals surface area contributed by atoms with E-state index in [1.54, 1.807) is 0 Å². The van der Waals surface area contributed by atoms with E-state index >= 15 is 0 Å². The number of nitro benzene ring substituents is 1. The van der Waals surface area contributed by atoms with Gasteiger partial charge in [0.25, 0.3) is 5.69 Å². The van der Waals surface area contributed by atoms with Crippen molar-refractivity contribution in [3.05, 3.63) is 39.4 Å². The van der Waals surface area contributed by atoms with Crippen LogP contribution in [0.25, 0.3) is 0 Å². The Bertz CT molecular complexity index is 441. The van der Waals surface area contributed by atoms with Crippen LogP contribution < -0.4 is 5.32 Å². The first kappa shape index (κ1) is 11.7. The largest absolute Gasteiger partial charge is 0.371 e. The van der Waals surface area contributed by atoms with Gasteiger partial charge in [0.2, 0.25) is 0 Å². The van der Waals surface area contributed by atoms with Gasteiger partial charge >= 0.3 is 0 Å². The Hall–Kier alpha value is -1.79. The maximum atomic E-state index is 10.9. The van der Waals surface area contributed by atoms with Crippen LogP contribution in [0.3, 0.4) is 0 Å². The first-order valence-corrected chi connectivity index (χ1v) is 5.28. The average Bonchev–Trinajstić information content (AvgIpc) is 2.39. The van der Waals surface area contributed by atoms with Gasteiger partial charge in [0.15, 0.2) is 0 Å². The van der Waals surface area contributed by atoms with Crippen molar-refractivity contribution in [3.63, 3.8) is 0 Å². The minimum absolute atomic E-state index is 0.0280. The third-order valence-corrected chi connectivity index (χ3v) is 2.68. The quantitative estimate of drug-likeness (QED) is 0.482. The Morgan fingerprint density at radius 3 is 2.94 bits per heavy atom. The number of non-ortho nitro benzene ring substituents is 1. The zero-order valence-corrected chi connectivity index (χ0v) is 9.09. The first-order valence-electron chi connectivity index (χ1n) is 5.28. The summed E-state index contributed by atoms with van der Waals surface area (Å²) in [6.07, 6.45) is 0.390. The fraction of sp³-hybridized carbons (Fsp3) is 0.364. The molecular weight excluding hydrogens is 224 g/mol. The fourth-order valence-corrected chi connectivity index (χ4v) is 1.83. The summed E-state index contributed by atoms with van der Waals surface area (Å²) in [4.78, 5) is 21.1. The van der Waals surface area contributed by atoms with E-state index < -0.39 is 4.92 Å². The van der Waals surface area contributed by atoms with E-state index in [4.69, 9.17) is 4.74 Å². The highest BCUT2D eigenvalue weighted by Crippen LogP contribution is 2.25. The monoisotopic (exact) mass is 236 g/mol. The van der Waals surface area contributed by atoms with Crippen LogP contribution in [0.2, 0.25) is 0 Å². The van der Waals surface area contributed by atoms with E-state index in [-0.39, 0.29) is 11.8 Å². The van der Waals surface area contributed by atoms with E-state index in [0.29, 0.717) is 30.6 Å². The van der Waals surface area contributed by atoms with Gasteiger partial charge < -0.3 is 10.1 Å². The van der Waals surface area contributed by atoms with Crippen molar-refractivity contribution < 1.29 is 14.5 Å². The Morgan fingerprint density at radius 1 is 1.53 bits per heavy atom. The summed E-state index contributed by atoms with van der Waals surface area (Å²) in [5.41, 5.74) is 0.977. The summed E-state index contributed by atoms with van der Waals surface area (Å²) >= 11 is 0. The van der Waals surface area contributed by atoms with Gasteiger partial charge in [-0.25, -0.2) is 0 Å². The van der Waals surface area contributed by atoms with Crippen LogP contribution in [0.15, 0.2) is 18.2 Å². The lowest BCUT2D eigenvalue weighted by Gasteiger charge is -2.24. The molecular formula is C11H12N2O4. The van der Waals surface area contributed by atoms with Gasteiger partial charge in [0.05, 0.1) is 17.6 Å². The number of ether oxygens (including phenoxy) is 1. The minimum Gasteiger partial charge on any atom is -0.371 e. The smallest absolute Gasteiger partial charge is 0.269 e. The Morgan fingerprint density at radius 2 is 2.35 bits per heavy atom. The molecule has 1 heterocycles. The van der Waals surface area contributed by atoms with Crippen LogP contribution in [0, 0.1) is 10.1 Å². The second-order valence-corrected chi connectivity index (χ2v) is 3.75. The molecule has 0 aromatic heterocycles. The fourth-order valence-electron chi connectivity index (χ4n) is 1.83. The summed E-state index contributed by atoms with van der Waals surface area (Å²) in [5.74, 6) is 0. The Labute approximate surface area is 97.7 Å². The molecule has 1 aliphatic heterocycles. The van der Waals surface area contributed by atoms with E-state index in [0.717, 1.165) is 6.54 Å². The molecule has 1 fully saturated rings. The number of hydrogen-bond acceptors (Lipinski definition) is 5. The molecule has 2 rings (SSSR count). The molecule has 6 nitrogen and oxygen atoms in total. The van der Waals surface area contributed by atoms with Crippen molar-refractivity contribution in [1.82, 2.24) is 5.32 Å². The molecule has 0 amide bonds. The second kappa shape index (κ2) is 5.03. The number of nitro groups is 1. The van der Waals surface area contributed by atoms with Gasteiger partial charge in [-0.2, -0.15) is 0 Å². The lowest BCUT2D eigenvalue weighted by molar-refractivity contribution is -0.385. The van der Waals surface area contributed by atoms with Crippen LogP contribution in [0.1, 0.15) is 22.0 Å². The first-order chi connectivity index (χ1) is 8.22. The summed E-state index contributed by atoms with van der Waals surface area (Å²) in [6, 6.07) is 4.18. The second-order valence-electron chi connectivity index (χ2n) is 3.75. The SMILES string of the molecule is O=Cc1ccc([N+](=O)[O-])cc1C1CNCCO1. The van der Waals surface area contributed by atoms with Gasteiger partial charge in [-0.15, -0.1) is 0 Å². The van der Waals surface area contributed by atoms with Crippen LogP contribution in [-0.2, 0) is 4.74 Å². The lowest BCUT2D eigenvalue weighted by atomic mass is 10.0. The molecule has 0 aliphatic carbocycles. The molecule has 17 heavy (non-hydrogen) atoms. The van der Waals surface area contributed by atoms with Crippen LogP contribution in [0.4, 0.5) is 5.69 Å². The maximum absolute atomic E-state index is 10.9. The van der Waals surface area contributed by atoms with Crippen molar-refractivity contribution in [2.75, 3.05) is 19.7 Å². The molecule has 90 valence electrons. The number of nitrogens with zero attached hydrogens (tertiary/aromatic N) is 1. The molecule has 1 N–H and O–H groups in total. The topological polar surface area (TPSA) is 81.5 Å². The molecule has 1 aromatic carbocycles. The third kappa shape index (κ3) is 2.48. The predicted molar refractivity (Wildman–Crippen MR) is 60.0 cm³/mol. The van der Waals surface area contributed by atoms with Gasteiger partial charge in [-0.1, -0.05) is 0 Å². The highest BCUT2D eigenvalue weighted by atomic mass is 16.6. The Kier molecular flexibility index (Phi) is 3.46. The molecule has 0 saturated carbocycles. The van der Waals surface area contributed by atoms with Crippen molar-refractivity contribution >= 4 is 12.0 Å². The molecule has 1 atom stereocenters. The van der Waals surface area contributed by atoms with Crippen molar-refractivity contribution in [3.8, 4) is 0 Å². The summed E-state index contributed by atoms with van der Waals surface area (Å²) < 4.78 is 5.50. The maximum Gasteiger partial charge on any atom is 0.269 e. The highest BCUT2D eigenvalue weighted by Gasteiger charge is 2.21. The zero-order chi connectivity index (χ0) is 12.3. The molecule has 0 spiro atoms. The van der Waals surface area contributed by atoms with E-state index in [2.05, 4.69) is 5.32 Å². The Balaban J connectivity index is 2.37. The molecule has 0 bridgehead atoms. The van der Waals surface area contributed by atoms with E-state index in [1.165, 1.54) is 18.2 Å². The van der Waals surface area contributed by atoms with Crippen molar-refractivity contribution in [1.29, 1.82) is 0 Å². The van der Waals surface area contributed by atoms with Gasteiger partial charge in [-0.05, 0) is 11.6 Å². The predicted octanol–water partition coefficient (Wildman–Crippen LogP) is 1.07. The van der Waals surface area contributed by atoms with Crippen LogP contribution in [-0.4, -0.2) is 30.9 Å². The van der Waals surface area contributed by atoms with E-state index in [9.17, 15) is 14.9 Å². The van der Waals surface area contributed by atoms with Crippen LogP contribution in [0.5, 0.6) is 0 Å². The zero-order valence-electron chi connectivity index (χ0n) is 9.09. The number of nitrogens with one attached hydrogen (secondary N) is 1. The number of hydrogen-bond donors (Lipinski definition) is 1. The average molecular weight is 236 g/mol. The third-order valence-electron chi connectivity index (χ3n) is 2.68. The molecule has 0 radical (unpaired) electrons. The summed E-state index contributed by atoms with van der Waals surface area (Å²) in [7, 11) is 0. The van der Waals surface area contributed by atoms with E-state index in [1.807, 2.05) is 0 Å². The molecule has 6 heteroatoms. The number of rotatable bonds is 3. The molecule has 1 aliphatic rings. The molecule has 1 unspecified atom stereocenters. The summed E-state index contributed by atoms with van der Waals surface area (Å²) in [5, 5.41) is 13.8. The van der Waals surface area contributed by atoms with Crippen molar-refractivity contribution in [2.45, 2.75) is 6.10 Å². The minimum atomic E-state index is -0.478.